The van der Waals surface area contributed by atoms with Crippen LogP contribution in [-0.2, 0) is 27.3 Å². The molecule has 3 aliphatic heterocycles. The number of amides is 1. The zero-order chi connectivity index (χ0) is 30.4. The van der Waals surface area contributed by atoms with Crippen LogP contribution in [0.25, 0.3) is 0 Å². The van der Waals surface area contributed by atoms with Crippen molar-refractivity contribution in [1.29, 1.82) is 0 Å². The van der Waals surface area contributed by atoms with E-state index < -0.39 is 34.8 Å². The number of nitrogens with zero attached hydrogens (tertiary/aromatic N) is 2. The standard InChI is InChI=1S/C32H35ClF2N4O4/c1-2-31(41,30(35)10-12-37-13-11-30)21-15-26-28(27(34)16-21)32(43-25-9-14-42-19-25,20-3-5-22(33)6-4-20)39(29(26)40)18-24-8-7-23(36)17-38-24/h3-8,15-17,25,37,41H,2,9-14,18-19,36H2,1H3/t25-,31?,32+/m0/s1. The Hall–Kier alpha value is -3.15. The smallest absolute Gasteiger partial charge is 0.257 e. The first-order valence-corrected chi connectivity index (χ1v) is 15.0. The van der Waals surface area contributed by atoms with Gasteiger partial charge in [-0.2, -0.15) is 0 Å². The average Bonchev–Trinajstić information content (AvgIpc) is 3.60. The van der Waals surface area contributed by atoms with Crippen molar-refractivity contribution in [3.8, 4) is 0 Å². The summed E-state index contributed by atoms with van der Waals surface area (Å²) in [5.41, 5.74) is 1.54. The Balaban J connectivity index is 1.57. The Morgan fingerprint density at radius 2 is 1.98 bits per heavy atom. The molecule has 2 aromatic carbocycles. The molecule has 0 bridgehead atoms. The number of ether oxygens (including phenoxy) is 2. The Bertz CT molecular complexity index is 1500. The predicted molar refractivity (Wildman–Crippen MR) is 158 cm³/mol. The Morgan fingerprint density at radius 1 is 1.23 bits per heavy atom. The van der Waals surface area contributed by atoms with Crippen LogP contribution in [0.4, 0.5) is 14.5 Å². The topological polar surface area (TPSA) is 110 Å². The van der Waals surface area contributed by atoms with E-state index in [1.807, 2.05) is 0 Å². The molecule has 2 saturated heterocycles. The van der Waals surface area contributed by atoms with Crippen molar-refractivity contribution in [2.24, 2.45) is 0 Å². The molecule has 43 heavy (non-hydrogen) atoms. The number of nitrogens with two attached hydrogens (primary N) is 1. The third kappa shape index (κ3) is 4.99. The van der Waals surface area contributed by atoms with Crippen LogP contribution in [0, 0.1) is 5.82 Å². The number of hydrogen-bond donors (Lipinski definition) is 3. The maximum absolute atomic E-state index is 16.8. The van der Waals surface area contributed by atoms with Crippen LogP contribution in [-0.4, -0.2) is 59.0 Å². The molecule has 3 aliphatic rings. The number of rotatable bonds is 8. The largest absolute Gasteiger partial charge is 0.397 e. The Morgan fingerprint density at radius 3 is 2.60 bits per heavy atom. The number of anilines is 1. The van der Waals surface area contributed by atoms with E-state index in [0.29, 0.717) is 48.1 Å². The summed E-state index contributed by atoms with van der Waals surface area (Å²) in [6.45, 7) is 3.10. The number of fused-ring (bicyclic) bond motifs is 1. The first kappa shape index (κ1) is 29.9. The zero-order valence-electron chi connectivity index (χ0n) is 23.9. The number of aromatic nitrogens is 1. The van der Waals surface area contributed by atoms with Gasteiger partial charge >= 0.3 is 0 Å². The quantitative estimate of drug-likeness (QED) is 0.335. The highest BCUT2D eigenvalue weighted by Crippen LogP contribution is 2.51. The molecular weight excluding hydrogens is 578 g/mol. The lowest BCUT2D eigenvalue weighted by Crippen LogP contribution is -2.54. The summed E-state index contributed by atoms with van der Waals surface area (Å²) in [6.07, 6.45) is 1.68. The minimum absolute atomic E-state index is 0.00672. The molecule has 8 nitrogen and oxygen atoms in total. The third-order valence-electron chi connectivity index (χ3n) is 9.04. The number of nitrogen functional groups attached to an aromatic ring is 1. The molecule has 4 N–H and O–H groups in total. The lowest BCUT2D eigenvalue weighted by molar-refractivity contribution is -0.148. The van der Waals surface area contributed by atoms with Gasteiger partial charge in [0.1, 0.15) is 17.1 Å². The molecule has 1 unspecified atom stereocenters. The highest BCUT2D eigenvalue weighted by atomic mass is 35.5. The molecule has 1 aromatic heterocycles. The second-order valence-electron chi connectivity index (χ2n) is 11.5. The molecule has 0 saturated carbocycles. The van der Waals surface area contributed by atoms with Gasteiger partial charge in [-0.3, -0.25) is 14.7 Å². The average molecular weight is 613 g/mol. The molecule has 228 valence electrons. The summed E-state index contributed by atoms with van der Waals surface area (Å²) in [4.78, 5) is 20.3. The summed E-state index contributed by atoms with van der Waals surface area (Å²) < 4.78 is 45.6. The fraction of sp³-hybridized carbons (Fsp3) is 0.438. The second-order valence-corrected chi connectivity index (χ2v) is 12.0. The van der Waals surface area contributed by atoms with Gasteiger partial charge in [0.15, 0.2) is 0 Å². The number of carbonyl (C=O) groups excluding carboxylic acids is 1. The maximum Gasteiger partial charge on any atom is 0.257 e. The van der Waals surface area contributed by atoms with E-state index >= 15 is 8.78 Å². The summed E-state index contributed by atoms with van der Waals surface area (Å²) in [5.74, 6) is -1.33. The number of piperidine rings is 1. The van der Waals surface area contributed by atoms with Crippen molar-refractivity contribution >= 4 is 23.2 Å². The van der Waals surface area contributed by atoms with Gasteiger partial charge in [0.05, 0.1) is 48.0 Å². The first-order chi connectivity index (χ1) is 20.6. The molecule has 0 aliphatic carbocycles. The number of carbonyl (C=O) groups is 1. The van der Waals surface area contributed by atoms with Gasteiger partial charge in [-0.05, 0) is 80.7 Å². The number of pyridine rings is 1. The molecule has 3 atom stereocenters. The third-order valence-corrected chi connectivity index (χ3v) is 9.29. The lowest BCUT2D eigenvalue weighted by Gasteiger charge is -2.44. The van der Waals surface area contributed by atoms with Crippen molar-refractivity contribution < 1.29 is 28.2 Å². The zero-order valence-corrected chi connectivity index (χ0v) is 24.7. The maximum atomic E-state index is 16.8. The van der Waals surface area contributed by atoms with E-state index in [4.69, 9.17) is 26.8 Å². The highest BCUT2D eigenvalue weighted by Gasteiger charge is 2.58. The molecule has 11 heteroatoms. The van der Waals surface area contributed by atoms with Gasteiger partial charge in [0.25, 0.3) is 5.91 Å². The molecule has 0 radical (unpaired) electrons. The monoisotopic (exact) mass is 612 g/mol. The van der Waals surface area contributed by atoms with E-state index in [0.717, 1.165) is 6.07 Å². The number of aliphatic hydroxyl groups is 1. The summed E-state index contributed by atoms with van der Waals surface area (Å²) in [7, 11) is 0. The molecule has 3 aromatic rings. The van der Waals surface area contributed by atoms with Crippen molar-refractivity contribution in [2.45, 2.75) is 62.3 Å². The van der Waals surface area contributed by atoms with E-state index in [2.05, 4.69) is 10.3 Å². The number of alkyl halides is 1. The van der Waals surface area contributed by atoms with Crippen LogP contribution in [0.1, 0.15) is 65.3 Å². The van der Waals surface area contributed by atoms with E-state index in [1.165, 1.54) is 17.2 Å². The minimum Gasteiger partial charge on any atom is -0.397 e. The van der Waals surface area contributed by atoms with Gasteiger partial charge in [-0.25, -0.2) is 8.78 Å². The number of nitrogens with one attached hydrogen (secondary N) is 1. The lowest BCUT2D eigenvalue weighted by atomic mass is 9.71. The second kappa shape index (κ2) is 11.4. The normalized spacial score (nSPS) is 24.6. The summed E-state index contributed by atoms with van der Waals surface area (Å²) in [5, 5.41) is 15.4. The fourth-order valence-corrected chi connectivity index (χ4v) is 6.81. The molecule has 6 rings (SSSR count). The first-order valence-electron chi connectivity index (χ1n) is 14.6. The van der Waals surface area contributed by atoms with Crippen LogP contribution < -0.4 is 11.1 Å². The molecule has 1 amide bonds. The van der Waals surface area contributed by atoms with Crippen LogP contribution in [0.15, 0.2) is 54.7 Å². The predicted octanol–water partition coefficient (Wildman–Crippen LogP) is 4.81. The van der Waals surface area contributed by atoms with Gasteiger partial charge < -0.3 is 25.6 Å². The van der Waals surface area contributed by atoms with Crippen LogP contribution in [0.3, 0.4) is 0 Å². The number of halogens is 3. The summed E-state index contributed by atoms with van der Waals surface area (Å²) in [6, 6.07) is 12.7. The summed E-state index contributed by atoms with van der Waals surface area (Å²) >= 11 is 6.24. The van der Waals surface area contributed by atoms with E-state index in [1.54, 1.807) is 43.3 Å². The Labute approximate surface area is 254 Å². The fourth-order valence-electron chi connectivity index (χ4n) is 6.69. The van der Waals surface area contributed by atoms with Crippen LogP contribution in [0.2, 0.25) is 5.02 Å². The minimum atomic E-state index is -2.01. The van der Waals surface area contributed by atoms with Crippen molar-refractivity contribution in [2.75, 3.05) is 32.0 Å². The van der Waals surface area contributed by atoms with Gasteiger partial charge in [-0.15, -0.1) is 0 Å². The molecule has 0 spiro atoms. The van der Waals surface area contributed by atoms with Crippen molar-refractivity contribution in [3.05, 3.63) is 93.5 Å². The van der Waals surface area contributed by atoms with E-state index in [-0.39, 0.29) is 49.1 Å². The van der Waals surface area contributed by atoms with Crippen LogP contribution >= 0.6 is 11.6 Å². The van der Waals surface area contributed by atoms with Gasteiger partial charge in [0, 0.05) is 17.2 Å². The number of benzene rings is 2. The van der Waals surface area contributed by atoms with Gasteiger partial charge in [0.2, 0.25) is 5.72 Å². The Kier molecular flexibility index (Phi) is 7.93. The highest BCUT2D eigenvalue weighted by molar-refractivity contribution is 6.30. The SMILES string of the molecule is CCC(O)(c1cc(F)c2c(c1)C(=O)N(Cc1ccc(N)cn1)[C@@]2(O[C@H]1CCOC1)c1ccc(Cl)cc1)C1(F)CCNCC1. The van der Waals surface area contributed by atoms with Crippen molar-refractivity contribution in [1.82, 2.24) is 15.2 Å². The van der Waals surface area contributed by atoms with Crippen LogP contribution in [0.5, 0.6) is 0 Å². The van der Waals surface area contributed by atoms with E-state index in [9.17, 15) is 9.90 Å². The molecule has 2 fully saturated rings. The molecular formula is C32H35ClF2N4O4. The molecule has 4 heterocycles. The van der Waals surface area contributed by atoms with Crippen molar-refractivity contribution in [3.63, 3.8) is 0 Å². The van der Waals surface area contributed by atoms with Gasteiger partial charge in [-0.1, -0.05) is 30.7 Å². The number of hydrogen-bond acceptors (Lipinski definition) is 7.